The first-order chi connectivity index (χ1) is 10.6. The summed E-state index contributed by atoms with van der Waals surface area (Å²) in [6.45, 7) is 4.26. The maximum Gasteiger partial charge on any atom is 0.0871 e. The molecule has 6 aliphatic rings. The van der Waals surface area contributed by atoms with Gasteiger partial charge in [-0.05, 0) is 105 Å². The number of ether oxygens (including phenoxy) is 1. The van der Waals surface area contributed by atoms with Crippen LogP contribution in [0.15, 0.2) is 0 Å². The highest BCUT2D eigenvalue weighted by Crippen LogP contribution is 2.76. The molecule has 6 rings (SSSR count). The maximum absolute atomic E-state index is 10.9. The molecule has 2 heteroatoms. The van der Waals surface area contributed by atoms with Crippen molar-refractivity contribution in [3.8, 4) is 0 Å². The van der Waals surface area contributed by atoms with E-state index in [4.69, 9.17) is 4.74 Å². The van der Waals surface area contributed by atoms with Gasteiger partial charge >= 0.3 is 0 Å². The van der Waals surface area contributed by atoms with Crippen molar-refractivity contribution in [3.05, 3.63) is 0 Å². The summed E-state index contributed by atoms with van der Waals surface area (Å²) >= 11 is 0. The second-order valence-electron chi connectivity index (χ2n) is 9.91. The maximum atomic E-state index is 10.9. The van der Waals surface area contributed by atoms with Crippen LogP contribution in [0, 0.1) is 59.2 Å². The lowest BCUT2D eigenvalue weighted by molar-refractivity contribution is -0.133. The van der Waals surface area contributed by atoms with Crippen molar-refractivity contribution in [1.29, 1.82) is 0 Å². The van der Waals surface area contributed by atoms with Crippen molar-refractivity contribution in [2.75, 3.05) is 0 Å². The molecule has 22 heavy (non-hydrogen) atoms. The van der Waals surface area contributed by atoms with Crippen molar-refractivity contribution >= 4 is 0 Å². The van der Waals surface area contributed by atoms with Crippen LogP contribution >= 0.6 is 0 Å². The molecule has 0 heterocycles. The van der Waals surface area contributed by atoms with Crippen LogP contribution in [0.2, 0.25) is 0 Å². The van der Waals surface area contributed by atoms with E-state index in [9.17, 15) is 5.11 Å². The van der Waals surface area contributed by atoms with Gasteiger partial charge in [0.05, 0.1) is 18.3 Å². The van der Waals surface area contributed by atoms with Gasteiger partial charge in [0.25, 0.3) is 0 Å². The minimum atomic E-state index is -0.162. The van der Waals surface area contributed by atoms with E-state index >= 15 is 0 Å². The Balaban J connectivity index is 1.35. The molecule has 12 unspecified atom stereocenters. The zero-order valence-corrected chi connectivity index (χ0v) is 13.9. The summed E-state index contributed by atoms with van der Waals surface area (Å²) in [4.78, 5) is 0. The molecule has 0 aromatic rings. The molecule has 122 valence electrons. The zero-order chi connectivity index (χ0) is 14.7. The van der Waals surface area contributed by atoms with E-state index in [1.807, 2.05) is 0 Å². The van der Waals surface area contributed by atoms with Gasteiger partial charge in [-0.3, -0.25) is 0 Å². The third-order valence-corrected chi connectivity index (χ3v) is 9.17. The van der Waals surface area contributed by atoms with E-state index < -0.39 is 0 Å². The van der Waals surface area contributed by atoms with Crippen molar-refractivity contribution in [1.82, 2.24) is 0 Å². The van der Waals surface area contributed by atoms with Crippen LogP contribution in [-0.2, 0) is 4.74 Å². The highest BCUT2D eigenvalue weighted by molar-refractivity contribution is 5.21. The molecule has 0 aromatic carbocycles. The van der Waals surface area contributed by atoms with Crippen LogP contribution in [0.1, 0.15) is 46.0 Å². The van der Waals surface area contributed by atoms with Gasteiger partial charge in [0, 0.05) is 0 Å². The van der Waals surface area contributed by atoms with Gasteiger partial charge in [0.1, 0.15) is 0 Å². The van der Waals surface area contributed by atoms with Gasteiger partial charge < -0.3 is 9.84 Å². The molecule has 1 N–H and O–H groups in total. The first-order valence-electron chi connectivity index (χ1n) is 9.98. The first-order valence-corrected chi connectivity index (χ1v) is 9.98. The summed E-state index contributed by atoms with van der Waals surface area (Å²) < 4.78 is 6.20. The van der Waals surface area contributed by atoms with Gasteiger partial charge in [-0.15, -0.1) is 0 Å². The second-order valence-corrected chi connectivity index (χ2v) is 9.91. The number of rotatable bonds is 2. The third-order valence-electron chi connectivity index (χ3n) is 9.17. The molecule has 6 bridgehead atoms. The summed E-state index contributed by atoms with van der Waals surface area (Å²) in [7, 11) is 0. The lowest BCUT2D eigenvalue weighted by atomic mass is 9.59. The molecule has 0 aliphatic heterocycles. The van der Waals surface area contributed by atoms with E-state index in [2.05, 4.69) is 13.8 Å². The Morgan fingerprint density at radius 3 is 2.00 bits per heavy atom. The van der Waals surface area contributed by atoms with Crippen LogP contribution in [0.3, 0.4) is 0 Å². The minimum absolute atomic E-state index is 0.155. The summed E-state index contributed by atoms with van der Waals surface area (Å²) in [5, 5.41) is 10.9. The normalized spacial score (nSPS) is 66.5. The van der Waals surface area contributed by atoms with E-state index in [-0.39, 0.29) is 18.3 Å². The molecule has 0 amide bonds. The Labute approximate surface area is 134 Å². The zero-order valence-electron chi connectivity index (χ0n) is 13.9. The molecule has 0 aromatic heterocycles. The quantitative estimate of drug-likeness (QED) is 0.793. The van der Waals surface area contributed by atoms with Crippen molar-refractivity contribution in [2.24, 2.45) is 59.2 Å². The number of hydrogen-bond donors (Lipinski definition) is 1. The number of hydrogen-bond acceptors (Lipinski definition) is 2. The standard InChI is InChI=1S/C20H30O2/c1-8(2)22-20-14-7-13(19(20)21)17-11-6-12(18(14)17)16-10-4-3-9(5-10)15(11)16/h8-21H,3-7H2,1-2H3. The van der Waals surface area contributed by atoms with Crippen LogP contribution in [0.5, 0.6) is 0 Å². The van der Waals surface area contributed by atoms with E-state index in [1.165, 1.54) is 25.7 Å². The second kappa shape index (κ2) is 4.11. The molecular formula is C20H30O2. The number of aliphatic hydroxyl groups is 1. The summed E-state index contributed by atoms with van der Waals surface area (Å²) in [6.07, 6.45) is 7.67. The molecule has 6 fully saturated rings. The van der Waals surface area contributed by atoms with Gasteiger partial charge in [-0.1, -0.05) is 0 Å². The highest BCUT2D eigenvalue weighted by Gasteiger charge is 2.73. The Hall–Kier alpha value is -0.0800. The van der Waals surface area contributed by atoms with E-state index in [1.54, 1.807) is 6.42 Å². The Morgan fingerprint density at radius 2 is 1.36 bits per heavy atom. The lowest BCUT2D eigenvalue weighted by Crippen LogP contribution is -2.50. The topological polar surface area (TPSA) is 29.5 Å². The first kappa shape index (κ1) is 13.2. The smallest absolute Gasteiger partial charge is 0.0871 e. The molecule has 0 radical (unpaired) electrons. The Kier molecular flexibility index (Phi) is 2.48. The van der Waals surface area contributed by atoms with Gasteiger partial charge in [-0.25, -0.2) is 0 Å². The van der Waals surface area contributed by atoms with Crippen molar-refractivity contribution in [2.45, 2.75) is 64.3 Å². The molecule has 12 atom stereocenters. The number of aliphatic hydroxyl groups excluding tert-OH is 1. The molecule has 0 saturated heterocycles. The molecule has 6 aliphatic carbocycles. The molecule has 2 nitrogen and oxygen atoms in total. The largest absolute Gasteiger partial charge is 0.390 e. The fraction of sp³-hybridized carbons (Fsp3) is 1.00. The Morgan fingerprint density at radius 1 is 0.773 bits per heavy atom. The van der Waals surface area contributed by atoms with Crippen molar-refractivity contribution in [3.63, 3.8) is 0 Å². The van der Waals surface area contributed by atoms with E-state index in [0.29, 0.717) is 11.8 Å². The fourth-order valence-corrected chi connectivity index (χ4v) is 9.22. The highest BCUT2D eigenvalue weighted by atomic mass is 16.5. The average Bonchev–Trinajstić information content (AvgIpc) is 3.26. The summed E-state index contributed by atoms with van der Waals surface area (Å²) in [5.41, 5.74) is 0. The monoisotopic (exact) mass is 302 g/mol. The predicted molar refractivity (Wildman–Crippen MR) is 84.0 cm³/mol. The van der Waals surface area contributed by atoms with Crippen molar-refractivity contribution < 1.29 is 9.84 Å². The average molecular weight is 302 g/mol. The van der Waals surface area contributed by atoms with Gasteiger partial charge in [0.15, 0.2) is 0 Å². The number of fused-ring (bicyclic) bond motifs is 16. The summed E-state index contributed by atoms with van der Waals surface area (Å²) in [6, 6.07) is 0. The fourth-order valence-electron chi connectivity index (χ4n) is 9.22. The molecule has 6 saturated carbocycles. The Bertz CT molecular complexity index is 502. The predicted octanol–water partition coefficient (Wildman–Crippen LogP) is 3.34. The van der Waals surface area contributed by atoms with Crippen LogP contribution in [0.25, 0.3) is 0 Å². The molecular weight excluding hydrogens is 272 g/mol. The lowest BCUT2D eigenvalue weighted by Gasteiger charge is -2.48. The minimum Gasteiger partial charge on any atom is -0.390 e. The van der Waals surface area contributed by atoms with Crippen LogP contribution in [0.4, 0.5) is 0 Å². The van der Waals surface area contributed by atoms with Gasteiger partial charge in [-0.2, -0.15) is 0 Å². The van der Waals surface area contributed by atoms with Crippen LogP contribution < -0.4 is 0 Å². The van der Waals surface area contributed by atoms with E-state index in [0.717, 1.165) is 47.3 Å². The van der Waals surface area contributed by atoms with Crippen LogP contribution in [-0.4, -0.2) is 23.4 Å². The molecule has 0 spiro atoms. The third kappa shape index (κ3) is 1.34. The van der Waals surface area contributed by atoms with Gasteiger partial charge in [0.2, 0.25) is 0 Å². The SMILES string of the molecule is CC(C)OC1C(O)C2CC1C1C3CC(C4C5CCC(C5)C34)C21. The summed E-state index contributed by atoms with van der Waals surface area (Å²) in [5.74, 6) is 9.36.